The lowest BCUT2D eigenvalue weighted by atomic mass is 10.1. The van der Waals surface area contributed by atoms with Crippen LogP contribution < -0.4 is 11.6 Å². The van der Waals surface area contributed by atoms with Gasteiger partial charge in [-0.15, -0.1) is 10.2 Å². The second kappa shape index (κ2) is 7.51. The van der Waals surface area contributed by atoms with E-state index in [1.807, 2.05) is 0 Å². The van der Waals surface area contributed by atoms with Crippen molar-refractivity contribution in [1.29, 1.82) is 0 Å². The van der Waals surface area contributed by atoms with Gasteiger partial charge in [-0.1, -0.05) is 12.1 Å². The van der Waals surface area contributed by atoms with Gasteiger partial charge in [0.1, 0.15) is 5.70 Å². The second-order valence-electron chi connectivity index (χ2n) is 4.69. The fraction of sp³-hybridized carbons (Fsp3) is 0.214. The first-order valence-electron chi connectivity index (χ1n) is 6.68. The van der Waals surface area contributed by atoms with Crippen LogP contribution in [0.1, 0.15) is 17.9 Å². The van der Waals surface area contributed by atoms with Crippen LogP contribution in [0.3, 0.4) is 0 Å². The molecule has 0 saturated carbocycles. The van der Waals surface area contributed by atoms with Crippen molar-refractivity contribution in [3.63, 3.8) is 0 Å². The Morgan fingerprint density at radius 1 is 1.38 bits per heavy atom. The van der Waals surface area contributed by atoms with Gasteiger partial charge in [0.25, 0.3) is 5.89 Å². The molecule has 0 aliphatic carbocycles. The molecule has 1 aromatic carbocycles. The number of hydrazine groups is 1. The lowest BCUT2D eigenvalue weighted by molar-refractivity contribution is -0.136. The highest BCUT2D eigenvalue weighted by Crippen LogP contribution is 2.23. The first-order chi connectivity index (χ1) is 11.4. The van der Waals surface area contributed by atoms with E-state index in [0.29, 0.717) is 5.56 Å². The van der Waals surface area contributed by atoms with Gasteiger partial charge in [-0.2, -0.15) is 8.78 Å². The van der Waals surface area contributed by atoms with Crippen molar-refractivity contribution in [2.45, 2.75) is 13.0 Å². The minimum atomic E-state index is -2.82. The lowest BCUT2D eigenvalue weighted by Gasteiger charge is -2.14. The predicted octanol–water partition coefficient (Wildman–Crippen LogP) is 1.32. The maximum atomic E-state index is 12.4. The van der Waals surface area contributed by atoms with Gasteiger partial charge in [-0.3, -0.25) is 0 Å². The van der Waals surface area contributed by atoms with Crippen LogP contribution in [0.2, 0.25) is 0 Å². The highest BCUT2D eigenvalue weighted by molar-refractivity contribution is 5.86. The average molecular weight is 339 g/mol. The maximum absolute atomic E-state index is 12.4. The molecule has 2 aromatic rings. The third-order valence-electron chi connectivity index (χ3n) is 2.92. The number of carbonyl (C=O) groups excluding carboxylic acids is 1. The predicted molar refractivity (Wildman–Crippen MR) is 78.7 cm³/mol. The number of aromatic nitrogens is 2. The number of halogens is 2. The second-order valence-corrected chi connectivity index (χ2v) is 4.69. The van der Waals surface area contributed by atoms with Crippen molar-refractivity contribution in [2.24, 2.45) is 11.6 Å². The van der Waals surface area contributed by atoms with Gasteiger partial charge in [-0.25, -0.2) is 10.6 Å². The molecule has 128 valence electrons. The van der Waals surface area contributed by atoms with E-state index in [0.717, 1.165) is 5.56 Å². The summed E-state index contributed by atoms with van der Waals surface area (Å²) in [6.07, 6.45) is -1.57. The third kappa shape index (κ3) is 4.26. The summed E-state index contributed by atoms with van der Waals surface area (Å²) in [5, 5.41) is 8.03. The summed E-state index contributed by atoms with van der Waals surface area (Å²) in [5.41, 5.74) is 6.62. The van der Waals surface area contributed by atoms with E-state index in [2.05, 4.69) is 14.9 Å². The largest absolute Gasteiger partial charge is 0.464 e. The number of ether oxygens (including phenoxy) is 1. The molecule has 0 amide bonds. The van der Waals surface area contributed by atoms with E-state index in [-0.39, 0.29) is 18.1 Å². The monoisotopic (exact) mass is 339 g/mol. The van der Waals surface area contributed by atoms with Gasteiger partial charge in [0, 0.05) is 11.8 Å². The van der Waals surface area contributed by atoms with Crippen LogP contribution in [0.15, 0.2) is 40.6 Å². The fourth-order valence-electron chi connectivity index (χ4n) is 1.80. The molecule has 24 heavy (non-hydrogen) atoms. The van der Waals surface area contributed by atoms with Gasteiger partial charge in [0.2, 0.25) is 5.89 Å². The van der Waals surface area contributed by atoms with E-state index in [1.54, 1.807) is 24.3 Å². The molecule has 0 radical (unpaired) electrons. The van der Waals surface area contributed by atoms with Crippen LogP contribution in [-0.4, -0.2) is 28.3 Å². The van der Waals surface area contributed by atoms with Crippen molar-refractivity contribution in [3.8, 4) is 11.5 Å². The Kier molecular flexibility index (Phi) is 5.42. The molecule has 0 saturated heterocycles. The summed E-state index contributed by atoms with van der Waals surface area (Å²) in [6, 6.07) is 6.64. The Morgan fingerprint density at radius 3 is 2.58 bits per heavy atom. The minimum absolute atomic E-state index is 0.00344. The van der Waals surface area contributed by atoms with Gasteiger partial charge >= 0.3 is 12.4 Å². The number of rotatable bonds is 6. The number of esters is 1. The van der Waals surface area contributed by atoms with Crippen LogP contribution >= 0.6 is 0 Å². The molecule has 1 heterocycles. The smallest absolute Gasteiger partial charge is 0.355 e. The van der Waals surface area contributed by atoms with Crippen LogP contribution in [-0.2, 0) is 16.1 Å². The van der Waals surface area contributed by atoms with Gasteiger partial charge in [0.15, 0.2) is 0 Å². The lowest BCUT2D eigenvalue weighted by Crippen LogP contribution is -2.27. The maximum Gasteiger partial charge on any atom is 0.355 e. The van der Waals surface area contributed by atoms with E-state index >= 15 is 0 Å². The molecule has 0 fully saturated rings. The fourth-order valence-corrected chi connectivity index (χ4v) is 1.80. The van der Waals surface area contributed by atoms with Crippen LogP contribution in [0.5, 0.6) is 0 Å². The molecule has 0 spiro atoms. The van der Waals surface area contributed by atoms with Crippen LogP contribution in [0.4, 0.5) is 8.78 Å². The Hall–Kier alpha value is -3.01. The Labute approximate surface area is 135 Å². The quantitative estimate of drug-likeness (QED) is 0.350. The number of hydrogen-bond donors (Lipinski definition) is 2. The summed E-state index contributed by atoms with van der Waals surface area (Å²) in [5.74, 6) is 4.31. The van der Waals surface area contributed by atoms with E-state index < -0.39 is 18.3 Å². The molecule has 0 aliphatic rings. The molecule has 10 heteroatoms. The van der Waals surface area contributed by atoms with Crippen molar-refractivity contribution >= 4 is 5.97 Å². The summed E-state index contributed by atoms with van der Waals surface area (Å²) in [7, 11) is 1.21. The number of nitrogens with two attached hydrogens (primary N) is 2. The summed E-state index contributed by atoms with van der Waals surface area (Å²) in [6.45, 7) is 0.254. The number of benzene rings is 1. The molecular weight excluding hydrogens is 324 g/mol. The van der Waals surface area contributed by atoms with Crippen LogP contribution in [0.25, 0.3) is 11.5 Å². The normalized spacial score (nSPS) is 11.6. The van der Waals surface area contributed by atoms with Crippen molar-refractivity contribution < 1.29 is 22.7 Å². The van der Waals surface area contributed by atoms with Crippen molar-refractivity contribution in [1.82, 2.24) is 15.2 Å². The molecule has 0 atom stereocenters. The first kappa shape index (κ1) is 17.3. The van der Waals surface area contributed by atoms with E-state index in [9.17, 15) is 13.6 Å². The Balaban J connectivity index is 2.05. The topological polar surface area (TPSA) is 120 Å². The van der Waals surface area contributed by atoms with Crippen molar-refractivity contribution in [3.05, 3.63) is 47.6 Å². The Bertz CT molecular complexity index is 730. The zero-order chi connectivity index (χ0) is 17.7. The number of alkyl halides is 2. The highest BCUT2D eigenvalue weighted by Gasteiger charge is 2.16. The SMILES string of the molecule is COC(=O)/C(N)=C/N(N)Cc1ccc(-c2nnc(C(F)F)o2)cc1. The molecule has 0 aliphatic heterocycles. The minimum Gasteiger partial charge on any atom is -0.464 e. The molecule has 0 unspecified atom stereocenters. The zero-order valence-electron chi connectivity index (χ0n) is 12.6. The van der Waals surface area contributed by atoms with Gasteiger partial charge in [-0.05, 0) is 17.7 Å². The van der Waals surface area contributed by atoms with Crippen molar-refractivity contribution in [2.75, 3.05) is 7.11 Å². The number of carbonyl (C=O) groups is 1. The summed E-state index contributed by atoms with van der Waals surface area (Å²) >= 11 is 0. The molecule has 4 N–H and O–H groups in total. The third-order valence-corrected chi connectivity index (χ3v) is 2.92. The van der Waals surface area contributed by atoms with E-state index in [1.165, 1.54) is 18.3 Å². The zero-order valence-corrected chi connectivity index (χ0v) is 12.6. The first-order valence-corrected chi connectivity index (χ1v) is 6.68. The molecule has 1 aromatic heterocycles. The highest BCUT2D eigenvalue weighted by atomic mass is 19.3. The van der Waals surface area contributed by atoms with Gasteiger partial charge in [0.05, 0.1) is 13.7 Å². The number of methoxy groups -OCH3 is 1. The molecule has 8 nitrogen and oxygen atoms in total. The summed E-state index contributed by atoms with van der Waals surface area (Å²) < 4.78 is 34.2. The van der Waals surface area contributed by atoms with E-state index in [4.69, 9.17) is 16.0 Å². The standard InChI is InChI=1S/C14H15F2N5O3/c1-23-14(22)10(17)7-21(18)6-8-2-4-9(5-3-8)12-19-20-13(24-12)11(15)16/h2-5,7,11H,6,17-18H2,1H3/b10-7-. The number of nitrogens with zero attached hydrogens (tertiary/aromatic N) is 3. The Morgan fingerprint density at radius 2 is 2.04 bits per heavy atom. The molecule has 2 rings (SSSR count). The molecular formula is C14H15F2N5O3. The molecule has 0 bridgehead atoms. The van der Waals surface area contributed by atoms with Crippen LogP contribution in [0, 0.1) is 0 Å². The number of hydrogen-bond acceptors (Lipinski definition) is 8. The average Bonchev–Trinajstić information content (AvgIpc) is 3.04. The van der Waals surface area contributed by atoms with Gasteiger partial charge < -0.3 is 19.9 Å². The summed E-state index contributed by atoms with van der Waals surface area (Å²) in [4.78, 5) is 11.2.